The van der Waals surface area contributed by atoms with E-state index in [1.54, 1.807) is 0 Å². The van der Waals surface area contributed by atoms with Gasteiger partial charge in [0.15, 0.2) is 11.9 Å². The number of amidine groups is 1. The molecule has 0 saturated heterocycles. The summed E-state index contributed by atoms with van der Waals surface area (Å²) in [5, 5.41) is 11.1. The number of nitrogens with zero attached hydrogens (tertiary/aromatic N) is 1. The van der Waals surface area contributed by atoms with E-state index in [2.05, 4.69) is 9.89 Å². The average molecular weight is 283 g/mol. The predicted molar refractivity (Wildman–Crippen MR) is 60.1 cm³/mol. The number of hydrogen-bond donors (Lipinski definition) is 2. The van der Waals surface area contributed by atoms with Crippen molar-refractivity contribution in [3.05, 3.63) is 28.8 Å². The molecule has 0 radical (unpaired) electrons. The molecule has 18 heavy (non-hydrogen) atoms. The number of benzene rings is 1. The van der Waals surface area contributed by atoms with Crippen LogP contribution in [0.3, 0.4) is 0 Å². The summed E-state index contributed by atoms with van der Waals surface area (Å²) in [5.41, 5.74) is 5.58. The first-order valence-corrected chi connectivity index (χ1v) is 5.14. The Balaban J connectivity index is 2.94. The van der Waals surface area contributed by atoms with Gasteiger partial charge in [0.2, 0.25) is 0 Å². The molecule has 3 N–H and O–H groups in total. The highest BCUT2D eigenvalue weighted by atomic mass is 35.5. The molecule has 1 unspecified atom stereocenters. The van der Waals surface area contributed by atoms with Crippen molar-refractivity contribution in [2.45, 2.75) is 19.2 Å². The van der Waals surface area contributed by atoms with E-state index in [4.69, 9.17) is 22.5 Å². The summed E-state index contributed by atoms with van der Waals surface area (Å²) in [6.07, 6.45) is -6.46. The van der Waals surface area contributed by atoms with E-state index in [0.29, 0.717) is 0 Å². The van der Waals surface area contributed by atoms with Crippen molar-refractivity contribution in [1.29, 1.82) is 0 Å². The maximum Gasteiger partial charge on any atom is 0.425 e. The largest absolute Gasteiger partial charge is 0.480 e. The second-order valence-electron chi connectivity index (χ2n) is 3.43. The monoisotopic (exact) mass is 282 g/mol. The maximum absolute atomic E-state index is 12.3. The van der Waals surface area contributed by atoms with Crippen LogP contribution in [-0.4, -0.2) is 23.3 Å². The van der Waals surface area contributed by atoms with Crippen LogP contribution >= 0.6 is 11.6 Å². The second-order valence-corrected chi connectivity index (χ2v) is 3.84. The van der Waals surface area contributed by atoms with Crippen molar-refractivity contribution in [2.75, 3.05) is 0 Å². The van der Waals surface area contributed by atoms with Crippen LogP contribution in [-0.2, 0) is 0 Å². The van der Waals surface area contributed by atoms with Crippen LogP contribution in [0.5, 0.6) is 5.75 Å². The Labute approximate surface area is 106 Å². The van der Waals surface area contributed by atoms with E-state index >= 15 is 0 Å². The van der Waals surface area contributed by atoms with Crippen LogP contribution < -0.4 is 10.5 Å². The summed E-state index contributed by atoms with van der Waals surface area (Å²) in [6.45, 7) is 0.869. The van der Waals surface area contributed by atoms with Crippen molar-refractivity contribution in [3.63, 3.8) is 0 Å². The molecule has 4 nitrogen and oxygen atoms in total. The van der Waals surface area contributed by atoms with Gasteiger partial charge in [-0.05, 0) is 25.1 Å². The Hall–Kier alpha value is -1.63. The molecule has 0 spiro atoms. The molecule has 0 heterocycles. The number of alkyl halides is 3. The van der Waals surface area contributed by atoms with Gasteiger partial charge in [-0.3, -0.25) is 0 Å². The van der Waals surface area contributed by atoms with Gasteiger partial charge >= 0.3 is 6.18 Å². The van der Waals surface area contributed by atoms with E-state index in [-0.39, 0.29) is 22.2 Å². The van der Waals surface area contributed by atoms with Gasteiger partial charge in [0.05, 0.1) is 5.02 Å². The number of ether oxygens (including phenoxy) is 1. The summed E-state index contributed by atoms with van der Waals surface area (Å²) in [7, 11) is 0. The summed E-state index contributed by atoms with van der Waals surface area (Å²) < 4.78 is 41.5. The van der Waals surface area contributed by atoms with Gasteiger partial charge in [0.1, 0.15) is 5.75 Å². The smallest absolute Gasteiger partial charge is 0.425 e. The Bertz CT molecular complexity index is 463. The normalized spacial score (nSPS) is 14.4. The molecule has 0 fully saturated rings. The molecule has 1 aromatic rings. The summed E-state index contributed by atoms with van der Waals surface area (Å²) >= 11 is 5.74. The number of oxime groups is 1. The van der Waals surface area contributed by atoms with Gasteiger partial charge in [-0.1, -0.05) is 16.8 Å². The summed E-state index contributed by atoms with van der Waals surface area (Å²) in [6, 6.07) is 3.80. The molecule has 0 amide bonds. The van der Waals surface area contributed by atoms with E-state index in [9.17, 15) is 13.2 Å². The van der Waals surface area contributed by atoms with Crippen LogP contribution in [0.4, 0.5) is 13.2 Å². The molecule has 0 aromatic heterocycles. The minimum absolute atomic E-state index is 0.0600. The fourth-order valence-corrected chi connectivity index (χ4v) is 1.30. The van der Waals surface area contributed by atoms with Gasteiger partial charge in [-0.25, -0.2) is 0 Å². The van der Waals surface area contributed by atoms with Crippen molar-refractivity contribution < 1.29 is 23.1 Å². The molecule has 1 aromatic carbocycles. The average Bonchev–Trinajstić information content (AvgIpc) is 2.29. The molecule has 1 rings (SSSR count). The van der Waals surface area contributed by atoms with Crippen molar-refractivity contribution >= 4 is 17.4 Å². The molecule has 0 aliphatic carbocycles. The quantitative estimate of drug-likeness (QED) is 0.388. The fourth-order valence-electron chi connectivity index (χ4n) is 1.07. The van der Waals surface area contributed by atoms with Gasteiger partial charge in [-0.2, -0.15) is 13.2 Å². The van der Waals surface area contributed by atoms with E-state index in [1.807, 2.05) is 0 Å². The second kappa shape index (κ2) is 5.34. The van der Waals surface area contributed by atoms with Crippen LogP contribution in [0.1, 0.15) is 12.5 Å². The molecule has 0 saturated carbocycles. The van der Waals surface area contributed by atoms with Gasteiger partial charge in [0, 0.05) is 5.56 Å². The lowest BCUT2D eigenvalue weighted by Gasteiger charge is -2.18. The first-order valence-electron chi connectivity index (χ1n) is 4.76. The summed E-state index contributed by atoms with van der Waals surface area (Å²) in [5.74, 6) is -0.330. The highest BCUT2D eigenvalue weighted by molar-refractivity contribution is 6.32. The van der Waals surface area contributed by atoms with Crippen molar-refractivity contribution in [3.8, 4) is 5.75 Å². The zero-order valence-electron chi connectivity index (χ0n) is 9.20. The molecule has 0 aliphatic heterocycles. The third-order valence-electron chi connectivity index (χ3n) is 2.10. The Morgan fingerprint density at radius 3 is 2.56 bits per heavy atom. The topological polar surface area (TPSA) is 67.8 Å². The third kappa shape index (κ3) is 3.43. The van der Waals surface area contributed by atoms with Crippen LogP contribution in [0, 0.1) is 0 Å². The Morgan fingerprint density at radius 2 is 2.11 bits per heavy atom. The van der Waals surface area contributed by atoms with Crippen molar-refractivity contribution in [1.82, 2.24) is 0 Å². The number of rotatable bonds is 3. The van der Waals surface area contributed by atoms with Gasteiger partial charge < -0.3 is 15.7 Å². The molecule has 0 bridgehead atoms. The lowest BCUT2D eigenvalue weighted by Crippen LogP contribution is -2.31. The van der Waals surface area contributed by atoms with E-state index in [1.165, 1.54) is 18.2 Å². The SMILES string of the molecule is CC(Oc1ccc(C(N)=NO)cc1Cl)C(F)(F)F. The molecule has 1 atom stereocenters. The highest BCUT2D eigenvalue weighted by Crippen LogP contribution is 2.30. The third-order valence-corrected chi connectivity index (χ3v) is 2.40. The highest BCUT2D eigenvalue weighted by Gasteiger charge is 2.38. The van der Waals surface area contributed by atoms with Gasteiger partial charge in [0.25, 0.3) is 0 Å². The Morgan fingerprint density at radius 1 is 1.50 bits per heavy atom. The van der Waals surface area contributed by atoms with E-state index < -0.39 is 12.3 Å². The molecule has 0 aliphatic rings. The lowest BCUT2D eigenvalue weighted by atomic mass is 10.2. The molecule has 100 valence electrons. The van der Waals surface area contributed by atoms with Crippen LogP contribution in [0.25, 0.3) is 0 Å². The Kier molecular flexibility index (Phi) is 4.28. The zero-order valence-corrected chi connectivity index (χ0v) is 9.96. The number of halogens is 4. The molecule has 8 heteroatoms. The molecular weight excluding hydrogens is 273 g/mol. The first-order chi connectivity index (χ1) is 8.25. The van der Waals surface area contributed by atoms with Gasteiger partial charge in [-0.15, -0.1) is 0 Å². The minimum atomic E-state index is -4.48. The standard InChI is InChI=1S/C10H10ClF3N2O2/c1-5(10(12,13)14)18-8-3-2-6(4-7(8)11)9(15)16-17/h2-5,17H,1H3,(H2,15,16). The number of hydrogen-bond acceptors (Lipinski definition) is 3. The van der Waals surface area contributed by atoms with Crippen LogP contribution in [0.15, 0.2) is 23.4 Å². The van der Waals surface area contributed by atoms with Crippen LogP contribution in [0.2, 0.25) is 5.02 Å². The maximum atomic E-state index is 12.3. The summed E-state index contributed by atoms with van der Waals surface area (Å²) in [4.78, 5) is 0. The minimum Gasteiger partial charge on any atom is -0.480 e. The van der Waals surface area contributed by atoms with Crippen molar-refractivity contribution in [2.24, 2.45) is 10.9 Å². The lowest BCUT2D eigenvalue weighted by molar-refractivity contribution is -0.189. The molecular formula is C10H10ClF3N2O2. The number of nitrogens with two attached hydrogens (primary N) is 1. The first kappa shape index (κ1) is 14.4. The van der Waals surface area contributed by atoms with E-state index in [0.717, 1.165) is 6.92 Å². The fraction of sp³-hybridized carbons (Fsp3) is 0.300. The predicted octanol–water partition coefficient (Wildman–Crippen LogP) is 2.76. The zero-order chi connectivity index (χ0) is 13.9.